The topological polar surface area (TPSA) is 36.9 Å². The Kier molecular flexibility index (Phi) is 6.10. The fraction of sp³-hybridized carbons (Fsp3) is 0.400. The highest BCUT2D eigenvalue weighted by Crippen LogP contribution is 2.26. The molecule has 0 radical (unpaired) electrons. The Balaban J connectivity index is 1.42. The van der Waals surface area contributed by atoms with Crippen molar-refractivity contribution < 1.29 is 18.9 Å². The van der Waals surface area contributed by atoms with Gasteiger partial charge in [-0.2, -0.15) is 0 Å². The highest BCUT2D eigenvalue weighted by Gasteiger charge is 2.13. The Morgan fingerprint density at radius 3 is 2.50 bits per heavy atom. The molecule has 1 heterocycles. The Morgan fingerprint density at radius 1 is 0.958 bits per heavy atom. The first-order valence-corrected chi connectivity index (χ1v) is 8.51. The summed E-state index contributed by atoms with van der Waals surface area (Å²) in [5, 5.41) is 0. The van der Waals surface area contributed by atoms with Crippen molar-refractivity contribution in [3.05, 3.63) is 54.1 Å². The zero-order valence-corrected chi connectivity index (χ0v) is 14.1. The number of hydrogen-bond acceptors (Lipinski definition) is 4. The van der Waals surface area contributed by atoms with Crippen LogP contribution in [0, 0.1) is 6.92 Å². The second-order valence-corrected chi connectivity index (χ2v) is 5.85. The number of rotatable bonds is 7. The summed E-state index contributed by atoms with van der Waals surface area (Å²) in [5.74, 6) is 2.47. The third-order valence-corrected chi connectivity index (χ3v) is 3.94. The van der Waals surface area contributed by atoms with Gasteiger partial charge in [-0.15, -0.1) is 0 Å². The van der Waals surface area contributed by atoms with Gasteiger partial charge in [-0.1, -0.05) is 18.2 Å². The van der Waals surface area contributed by atoms with E-state index in [4.69, 9.17) is 18.9 Å². The molecule has 1 saturated heterocycles. The van der Waals surface area contributed by atoms with Crippen LogP contribution >= 0.6 is 0 Å². The van der Waals surface area contributed by atoms with E-state index in [0.717, 1.165) is 42.3 Å². The van der Waals surface area contributed by atoms with Crippen molar-refractivity contribution in [2.45, 2.75) is 32.5 Å². The summed E-state index contributed by atoms with van der Waals surface area (Å²) in [4.78, 5) is 0. The van der Waals surface area contributed by atoms with E-state index in [1.165, 1.54) is 6.42 Å². The first-order chi connectivity index (χ1) is 11.8. The van der Waals surface area contributed by atoms with Crippen molar-refractivity contribution in [1.82, 2.24) is 0 Å². The van der Waals surface area contributed by atoms with E-state index in [1.807, 2.05) is 55.5 Å². The van der Waals surface area contributed by atoms with Gasteiger partial charge >= 0.3 is 0 Å². The van der Waals surface area contributed by atoms with E-state index in [-0.39, 0.29) is 6.29 Å². The van der Waals surface area contributed by atoms with Crippen LogP contribution in [0.2, 0.25) is 0 Å². The van der Waals surface area contributed by atoms with Crippen molar-refractivity contribution in [2.24, 2.45) is 0 Å². The predicted molar refractivity (Wildman–Crippen MR) is 92.7 cm³/mol. The summed E-state index contributed by atoms with van der Waals surface area (Å²) in [5.41, 5.74) is 1.11. The van der Waals surface area contributed by atoms with E-state index in [9.17, 15) is 0 Å². The molecular weight excluding hydrogens is 304 g/mol. The fourth-order valence-corrected chi connectivity index (χ4v) is 2.58. The molecule has 2 aromatic rings. The largest absolute Gasteiger partial charge is 0.491 e. The number of para-hydroxylation sites is 1. The van der Waals surface area contributed by atoms with Crippen LogP contribution in [0.3, 0.4) is 0 Å². The zero-order chi connectivity index (χ0) is 16.6. The van der Waals surface area contributed by atoms with Crippen molar-refractivity contribution in [2.75, 3.05) is 19.8 Å². The number of aryl methyl sites for hydroxylation is 1. The van der Waals surface area contributed by atoms with Gasteiger partial charge in [0.05, 0.1) is 6.61 Å². The van der Waals surface area contributed by atoms with Crippen LogP contribution in [-0.2, 0) is 9.47 Å². The maximum absolute atomic E-state index is 5.87. The number of benzene rings is 2. The molecule has 24 heavy (non-hydrogen) atoms. The van der Waals surface area contributed by atoms with Crippen molar-refractivity contribution in [3.63, 3.8) is 0 Å². The molecule has 0 aromatic heterocycles. The lowest BCUT2D eigenvalue weighted by Gasteiger charge is -2.22. The minimum absolute atomic E-state index is 0.0627. The Morgan fingerprint density at radius 2 is 1.75 bits per heavy atom. The number of ether oxygens (including phenoxy) is 4. The summed E-state index contributed by atoms with van der Waals surface area (Å²) in [6.07, 6.45) is 3.22. The maximum Gasteiger partial charge on any atom is 0.157 e. The van der Waals surface area contributed by atoms with Crippen LogP contribution in [0.1, 0.15) is 24.8 Å². The van der Waals surface area contributed by atoms with Gasteiger partial charge in [0.2, 0.25) is 0 Å². The van der Waals surface area contributed by atoms with Crippen molar-refractivity contribution in [1.29, 1.82) is 0 Å². The van der Waals surface area contributed by atoms with Crippen LogP contribution in [0.25, 0.3) is 0 Å². The Hall–Kier alpha value is -2.04. The first-order valence-electron chi connectivity index (χ1n) is 8.51. The predicted octanol–water partition coefficient (Wildman–Crippen LogP) is 4.71. The Bertz CT molecular complexity index is 618. The molecule has 0 N–H and O–H groups in total. The molecule has 0 bridgehead atoms. The second-order valence-electron chi connectivity index (χ2n) is 5.85. The van der Waals surface area contributed by atoms with Gasteiger partial charge in [-0.05, 0) is 62.1 Å². The molecule has 1 aliphatic rings. The molecule has 0 saturated carbocycles. The van der Waals surface area contributed by atoms with Crippen LogP contribution in [0.4, 0.5) is 0 Å². The summed E-state index contributed by atoms with van der Waals surface area (Å²) in [6.45, 7) is 3.88. The molecule has 1 unspecified atom stereocenters. The van der Waals surface area contributed by atoms with E-state index >= 15 is 0 Å². The van der Waals surface area contributed by atoms with Gasteiger partial charge in [0.15, 0.2) is 6.29 Å². The summed E-state index contributed by atoms with van der Waals surface area (Å²) >= 11 is 0. The highest BCUT2D eigenvalue weighted by molar-refractivity contribution is 5.38. The van der Waals surface area contributed by atoms with Crippen LogP contribution in [0.15, 0.2) is 48.5 Å². The van der Waals surface area contributed by atoms with Gasteiger partial charge in [0.1, 0.15) is 23.9 Å². The van der Waals surface area contributed by atoms with Gasteiger partial charge in [0.25, 0.3) is 0 Å². The molecule has 2 aromatic carbocycles. The average Bonchev–Trinajstić information content (AvgIpc) is 2.63. The average molecular weight is 328 g/mol. The normalized spacial score (nSPS) is 17.5. The van der Waals surface area contributed by atoms with Gasteiger partial charge in [0, 0.05) is 6.61 Å². The summed E-state index contributed by atoms with van der Waals surface area (Å²) < 4.78 is 22.7. The second kappa shape index (κ2) is 8.71. The lowest BCUT2D eigenvalue weighted by atomic mass is 10.2. The van der Waals surface area contributed by atoms with E-state index in [2.05, 4.69) is 0 Å². The fourth-order valence-electron chi connectivity index (χ4n) is 2.58. The lowest BCUT2D eigenvalue weighted by molar-refractivity contribution is -0.165. The summed E-state index contributed by atoms with van der Waals surface area (Å²) in [7, 11) is 0. The van der Waals surface area contributed by atoms with E-state index in [1.54, 1.807) is 0 Å². The molecule has 0 aliphatic carbocycles. The van der Waals surface area contributed by atoms with Gasteiger partial charge < -0.3 is 18.9 Å². The first kappa shape index (κ1) is 16.8. The molecule has 1 atom stereocenters. The molecule has 128 valence electrons. The third kappa shape index (κ3) is 4.98. The lowest BCUT2D eigenvalue weighted by Crippen LogP contribution is -2.24. The minimum Gasteiger partial charge on any atom is -0.491 e. The molecule has 4 heteroatoms. The Labute approximate surface area is 143 Å². The molecule has 1 fully saturated rings. The van der Waals surface area contributed by atoms with Crippen molar-refractivity contribution in [3.8, 4) is 17.2 Å². The van der Waals surface area contributed by atoms with Gasteiger partial charge in [-0.3, -0.25) is 0 Å². The summed E-state index contributed by atoms with van der Waals surface area (Å²) in [6, 6.07) is 15.6. The van der Waals surface area contributed by atoms with E-state index < -0.39 is 0 Å². The minimum atomic E-state index is -0.0627. The maximum atomic E-state index is 5.87. The molecule has 1 aliphatic heterocycles. The molecule has 3 rings (SSSR count). The van der Waals surface area contributed by atoms with Crippen LogP contribution in [-0.4, -0.2) is 26.1 Å². The quantitative estimate of drug-likeness (QED) is 0.690. The number of hydrogen-bond donors (Lipinski definition) is 0. The smallest absolute Gasteiger partial charge is 0.157 e. The molecular formula is C20H24O4. The van der Waals surface area contributed by atoms with Crippen LogP contribution in [0.5, 0.6) is 17.2 Å². The molecule has 4 nitrogen and oxygen atoms in total. The van der Waals surface area contributed by atoms with Gasteiger partial charge in [-0.25, -0.2) is 0 Å². The van der Waals surface area contributed by atoms with E-state index in [0.29, 0.717) is 13.2 Å². The highest BCUT2D eigenvalue weighted by atomic mass is 16.7. The van der Waals surface area contributed by atoms with Crippen molar-refractivity contribution >= 4 is 0 Å². The van der Waals surface area contributed by atoms with Crippen LogP contribution < -0.4 is 9.47 Å². The molecule has 0 amide bonds. The SMILES string of the molecule is Cc1ccccc1Oc1ccc(OCCOC2CCCCO2)cc1. The zero-order valence-electron chi connectivity index (χ0n) is 14.1. The molecule has 0 spiro atoms. The monoisotopic (exact) mass is 328 g/mol. The third-order valence-electron chi connectivity index (χ3n) is 3.94. The standard InChI is InChI=1S/C20H24O4/c1-16-6-2-3-7-19(16)24-18-11-9-17(10-12-18)21-14-15-23-20-8-4-5-13-22-20/h2-3,6-7,9-12,20H,4-5,8,13-15H2,1H3.